The predicted molar refractivity (Wildman–Crippen MR) is 62.0 cm³/mol. The fourth-order valence-electron chi connectivity index (χ4n) is 1.99. The summed E-state index contributed by atoms with van der Waals surface area (Å²) in [7, 11) is 0. The normalized spacial score (nSPS) is 16.8. The Hall–Kier alpha value is -1.92. The summed E-state index contributed by atoms with van der Waals surface area (Å²) < 4.78 is 1.15. The molecule has 0 spiro atoms. The number of hydrogen-bond donors (Lipinski definition) is 1. The van der Waals surface area contributed by atoms with Crippen LogP contribution in [0.2, 0.25) is 0 Å². The molecule has 1 aliphatic heterocycles. The highest BCUT2D eigenvalue weighted by atomic mass is 16.4. The smallest absolute Gasteiger partial charge is 0.325 e. The van der Waals surface area contributed by atoms with E-state index < -0.39 is 5.97 Å². The molecule has 7 heteroatoms. The molecule has 1 fully saturated rings. The summed E-state index contributed by atoms with van der Waals surface area (Å²) in [6, 6.07) is 0. The number of hydrogen-bond acceptors (Lipinski definition) is 4. The highest BCUT2D eigenvalue weighted by Crippen LogP contribution is 2.17. The molecule has 18 heavy (non-hydrogen) atoms. The van der Waals surface area contributed by atoms with Crippen molar-refractivity contribution >= 4 is 11.9 Å². The van der Waals surface area contributed by atoms with Gasteiger partial charge in [-0.1, -0.05) is 12.1 Å². The zero-order valence-corrected chi connectivity index (χ0v) is 10.2. The third kappa shape index (κ3) is 2.85. The first-order valence-electron chi connectivity index (χ1n) is 5.97. The van der Waals surface area contributed by atoms with Crippen LogP contribution in [0.15, 0.2) is 6.20 Å². The molecule has 2 heterocycles. The summed E-state index contributed by atoms with van der Waals surface area (Å²) in [5.74, 6) is -0.527. The van der Waals surface area contributed by atoms with Crippen molar-refractivity contribution in [3.05, 3.63) is 11.9 Å². The van der Waals surface area contributed by atoms with Crippen molar-refractivity contribution in [1.29, 1.82) is 0 Å². The average molecular weight is 252 g/mol. The minimum Gasteiger partial charge on any atom is -0.480 e. The van der Waals surface area contributed by atoms with E-state index in [9.17, 15) is 9.59 Å². The van der Waals surface area contributed by atoms with E-state index in [4.69, 9.17) is 5.11 Å². The molecule has 0 aromatic carbocycles. The Balaban J connectivity index is 2.00. The van der Waals surface area contributed by atoms with Crippen molar-refractivity contribution in [2.24, 2.45) is 5.92 Å². The molecule has 1 aliphatic rings. The Kier molecular flexibility index (Phi) is 3.59. The van der Waals surface area contributed by atoms with Gasteiger partial charge in [0, 0.05) is 13.1 Å². The van der Waals surface area contributed by atoms with Gasteiger partial charge < -0.3 is 10.0 Å². The molecule has 0 atom stereocenters. The Morgan fingerprint density at radius 3 is 2.72 bits per heavy atom. The van der Waals surface area contributed by atoms with Gasteiger partial charge in [0.15, 0.2) is 5.69 Å². The lowest BCUT2D eigenvalue weighted by molar-refractivity contribution is -0.137. The Bertz CT molecular complexity index is 449. The van der Waals surface area contributed by atoms with E-state index in [0.29, 0.717) is 5.92 Å². The number of likely N-dealkylation sites (tertiary alicyclic amines) is 1. The van der Waals surface area contributed by atoms with Crippen molar-refractivity contribution in [3.8, 4) is 0 Å². The van der Waals surface area contributed by atoms with Gasteiger partial charge in [-0.2, -0.15) is 0 Å². The van der Waals surface area contributed by atoms with Crippen LogP contribution < -0.4 is 0 Å². The first-order valence-corrected chi connectivity index (χ1v) is 5.97. The number of carboxylic acids is 1. The van der Waals surface area contributed by atoms with Gasteiger partial charge in [-0.3, -0.25) is 9.59 Å². The van der Waals surface area contributed by atoms with E-state index in [1.165, 1.54) is 6.20 Å². The van der Waals surface area contributed by atoms with Crippen LogP contribution in [0.1, 0.15) is 30.3 Å². The lowest BCUT2D eigenvalue weighted by atomic mass is 9.99. The summed E-state index contributed by atoms with van der Waals surface area (Å²) >= 11 is 0. The zero-order valence-electron chi connectivity index (χ0n) is 10.2. The molecule has 1 aromatic rings. The third-order valence-corrected chi connectivity index (χ3v) is 3.13. The van der Waals surface area contributed by atoms with Gasteiger partial charge in [-0.25, -0.2) is 4.68 Å². The molecule has 0 aliphatic carbocycles. The number of carbonyl (C=O) groups is 2. The van der Waals surface area contributed by atoms with Crippen LogP contribution in [0.25, 0.3) is 0 Å². The molecular weight excluding hydrogens is 236 g/mol. The first-order chi connectivity index (χ1) is 8.56. The molecule has 0 bridgehead atoms. The second-order valence-corrected chi connectivity index (χ2v) is 4.67. The van der Waals surface area contributed by atoms with Gasteiger partial charge in [0.25, 0.3) is 5.91 Å². The van der Waals surface area contributed by atoms with Crippen molar-refractivity contribution in [2.45, 2.75) is 26.3 Å². The molecule has 0 radical (unpaired) electrons. The van der Waals surface area contributed by atoms with Crippen LogP contribution >= 0.6 is 0 Å². The van der Waals surface area contributed by atoms with Crippen LogP contribution in [0.5, 0.6) is 0 Å². The van der Waals surface area contributed by atoms with Gasteiger partial charge in [0.05, 0.1) is 6.20 Å². The number of rotatable bonds is 3. The number of carboxylic acid groups (broad SMARTS) is 1. The summed E-state index contributed by atoms with van der Waals surface area (Å²) in [5, 5.41) is 16.0. The largest absolute Gasteiger partial charge is 0.480 e. The van der Waals surface area contributed by atoms with E-state index in [0.717, 1.165) is 30.6 Å². The molecule has 98 valence electrons. The Morgan fingerprint density at radius 1 is 1.44 bits per heavy atom. The maximum atomic E-state index is 12.1. The van der Waals surface area contributed by atoms with Gasteiger partial charge in [0.1, 0.15) is 6.54 Å². The quantitative estimate of drug-likeness (QED) is 0.832. The van der Waals surface area contributed by atoms with E-state index >= 15 is 0 Å². The summed E-state index contributed by atoms with van der Waals surface area (Å²) in [6.45, 7) is 3.35. The molecular formula is C11H16N4O3. The van der Waals surface area contributed by atoms with Gasteiger partial charge >= 0.3 is 5.97 Å². The molecule has 1 amide bonds. The van der Waals surface area contributed by atoms with Crippen molar-refractivity contribution < 1.29 is 14.7 Å². The molecule has 1 saturated heterocycles. The SMILES string of the molecule is CC1CCN(C(=O)c2cn(CC(=O)O)nn2)CC1. The van der Waals surface area contributed by atoms with Crippen molar-refractivity contribution in [1.82, 2.24) is 19.9 Å². The fourth-order valence-corrected chi connectivity index (χ4v) is 1.99. The second-order valence-electron chi connectivity index (χ2n) is 4.67. The predicted octanol–water partition coefficient (Wildman–Crippen LogP) is 0.235. The molecule has 7 nitrogen and oxygen atoms in total. The first kappa shape index (κ1) is 12.5. The molecule has 0 unspecified atom stereocenters. The van der Waals surface area contributed by atoms with Gasteiger partial charge in [-0.05, 0) is 18.8 Å². The van der Waals surface area contributed by atoms with Crippen LogP contribution in [0, 0.1) is 5.92 Å². The molecule has 0 saturated carbocycles. The lowest BCUT2D eigenvalue weighted by Gasteiger charge is -2.29. The standard InChI is InChI=1S/C11H16N4O3/c1-8-2-4-14(5-3-8)11(18)9-6-15(13-12-9)7-10(16)17/h6,8H,2-5,7H2,1H3,(H,16,17). The minimum atomic E-state index is -1.01. The monoisotopic (exact) mass is 252 g/mol. The zero-order chi connectivity index (χ0) is 13.1. The molecule has 1 aromatic heterocycles. The van der Waals surface area contributed by atoms with Crippen LogP contribution in [0.3, 0.4) is 0 Å². The van der Waals surface area contributed by atoms with Gasteiger partial charge in [-0.15, -0.1) is 5.10 Å². The average Bonchev–Trinajstić information content (AvgIpc) is 2.76. The minimum absolute atomic E-state index is 0.168. The fraction of sp³-hybridized carbons (Fsp3) is 0.636. The van der Waals surface area contributed by atoms with Crippen LogP contribution in [0.4, 0.5) is 0 Å². The summed E-state index contributed by atoms with van der Waals surface area (Å²) in [4.78, 5) is 24.3. The molecule has 1 N–H and O–H groups in total. The van der Waals surface area contributed by atoms with E-state index in [2.05, 4.69) is 17.2 Å². The van der Waals surface area contributed by atoms with Crippen molar-refractivity contribution in [2.75, 3.05) is 13.1 Å². The third-order valence-electron chi connectivity index (χ3n) is 3.13. The maximum Gasteiger partial charge on any atom is 0.325 e. The van der Waals surface area contributed by atoms with Crippen molar-refractivity contribution in [3.63, 3.8) is 0 Å². The maximum absolute atomic E-state index is 12.1. The van der Waals surface area contributed by atoms with Crippen LogP contribution in [-0.4, -0.2) is 50.0 Å². The number of piperidine rings is 1. The Labute approximate surface area is 104 Å². The highest BCUT2D eigenvalue weighted by molar-refractivity contribution is 5.92. The van der Waals surface area contributed by atoms with Gasteiger partial charge in [0.2, 0.25) is 0 Å². The topological polar surface area (TPSA) is 88.3 Å². The lowest BCUT2D eigenvalue weighted by Crippen LogP contribution is -2.38. The molecule has 2 rings (SSSR count). The number of nitrogens with zero attached hydrogens (tertiary/aromatic N) is 4. The number of aromatic nitrogens is 3. The van der Waals surface area contributed by atoms with E-state index in [1.54, 1.807) is 4.90 Å². The second kappa shape index (κ2) is 5.16. The number of aliphatic carboxylic acids is 1. The number of carbonyl (C=O) groups excluding carboxylic acids is 1. The summed E-state index contributed by atoms with van der Waals surface area (Å²) in [5.41, 5.74) is 0.214. The van der Waals surface area contributed by atoms with Crippen LogP contribution in [-0.2, 0) is 11.3 Å². The number of amides is 1. The van der Waals surface area contributed by atoms with E-state index in [-0.39, 0.29) is 18.1 Å². The van der Waals surface area contributed by atoms with E-state index in [1.807, 2.05) is 0 Å². The summed E-state index contributed by atoms with van der Waals surface area (Å²) in [6.07, 6.45) is 3.37. The Morgan fingerprint density at radius 2 is 2.11 bits per heavy atom. The highest BCUT2D eigenvalue weighted by Gasteiger charge is 2.23.